The Morgan fingerprint density at radius 3 is 2.40 bits per heavy atom. The molecule has 0 saturated carbocycles. The molecule has 0 bridgehead atoms. The number of halogens is 1. The second-order valence-electron chi connectivity index (χ2n) is 10.5. The van der Waals surface area contributed by atoms with Crippen molar-refractivity contribution in [2.24, 2.45) is 0 Å². The molecule has 5 rings (SSSR count). The summed E-state index contributed by atoms with van der Waals surface area (Å²) >= 11 is 5.83. The van der Waals surface area contributed by atoms with E-state index in [4.69, 9.17) is 12.2 Å². The van der Waals surface area contributed by atoms with Crippen LogP contribution in [0, 0.1) is 19.7 Å². The highest BCUT2D eigenvalue weighted by atomic mass is 32.1. The summed E-state index contributed by atoms with van der Waals surface area (Å²) in [5, 5.41) is 6.92. The van der Waals surface area contributed by atoms with Gasteiger partial charge in [-0.25, -0.2) is 4.39 Å². The highest BCUT2D eigenvalue weighted by Gasteiger charge is 2.41. The maximum Gasteiger partial charge on any atom is 0.226 e. The summed E-state index contributed by atoms with van der Waals surface area (Å²) in [7, 11) is 0. The van der Waals surface area contributed by atoms with E-state index >= 15 is 0 Å². The van der Waals surface area contributed by atoms with Crippen molar-refractivity contribution in [3.05, 3.63) is 107 Å². The predicted octanol–water partition coefficient (Wildman–Crippen LogP) is 6.48. The smallest absolute Gasteiger partial charge is 0.226 e. The minimum atomic E-state index is -0.345. The number of amides is 1. The quantitative estimate of drug-likeness (QED) is 0.208. The number of nitrogens with zero attached hydrogens (tertiary/aromatic N) is 4. The summed E-state index contributed by atoms with van der Waals surface area (Å²) in [5.74, 6) is -0.509. The number of aromatic nitrogens is 2. The van der Waals surface area contributed by atoms with Crippen LogP contribution in [0.2, 0.25) is 0 Å². The summed E-state index contributed by atoms with van der Waals surface area (Å²) in [5.41, 5.74) is 7.10. The van der Waals surface area contributed by atoms with Gasteiger partial charge in [-0.05, 0) is 112 Å². The predicted molar refractivity (Wildman–Crippen MR) is 171 cm³/mol. The summed E-state index contributed by atoms with van der Waals surface area (Å²) in [6.07, 6.45) is 2.01. The molecule has 4 aromatic rings. The Labute approximate surface area is 252 Å². The fraction of sp³-hybridized carbons (Fsp3) is 0.303. The second-order valence-corrected chi connectivity index (χ2v) is 10.9. The van der Waals surface area contributed by atoms with Gasteiger partial charge in [0.05, 0.1) is 17.8 Å². The van der Waals surface area contributed by atoms with E-state index in [9.17, 15) is 9.18 Å². The molecule has 2 atom stereocenters. The first-order valence-corrected chi connectivity index (χ1v) is 14.8. The summed E-state index contributed by atoms with van der Waals surface area (Å²) in [6, 6.07) is 22.2. The Balaban J connectivity index is 1.45. The summed E-state index contributed by atoms with van der Waals surface area (Å²) < 4.78 is 15.6. The first-order chi connectivity index (χ1) is 20.3. The van der Waals surface area contributed by atoms with Crippen LogP contribution in [0.1, 0.15) is 55.0 Å². The van der Waals surface area contributed by atoms with E-state index in [-0.39, 0.29) is 30.2 Å². The highest BCUT2D eigenvalue weighted by molar-refractivity contribution is 7.80. The lowest BCUT2D eigenvalue weighted by molar-refractivity contribution is -0.116. The van der Waals surface area contributed by atoms with E-state index < -0.39 is 0 Å². The third-order valence-corrected chi connectivity index (χ3v) is 8.28. The van der Waals surface area contributed by atoms with E-state index in [1.807, 2.05) is 18.2 Å². The van der Waals surface area contributed by atoms with Crippen LogP contribution in [-0.4, -0.2) is 45.1 Å². The SMILES string of the molecule is CCN(CC)c1ccc(-n2c(C)cc(C3C(c4ccccn4)NC(=S)N3CCC(=O)Nc3ccc(F)cc3)c2C)cc1. The van der Waals surface area contributed by atoms with Crippen molar-refractivity contribution in [2.45, 2.75) is 46.2 Å². The van der Waals surface area contributed by atoms with Crippen LogP contribution in [-0.2, 0) is 4.79 Å². The zero-order valence-electron chi connectivity index (χ0n) is 24.5. The molecule has 1 saturated heterocycles. The number of carbonyl (C=O) groups is 1. The number of carbonyl (C=O) groups excluding carboxylic acids is 1. The Morgan fingerprint density at radius 2 is 1.76 bits per heavy atom. The fourth-order valence-electron chi connectivity index (χ4n) is 5.85. The molecule has 0 aliphatic carbocycles. The molecule has 1 fully saturated rings. The lowest BCUT2D eigenvalue weighted by atomic mass is 9.96. The molecular weight excluding hydrogens is 547 g/mol. The average Bonchev–Trinajstić information content (AvgIpc) is 3.48. The number of anilines is 2. The van der Waals surface area contributed by atoms with Gasteiger partial charge in [0.2, 0.25) is 5.91 Å². The van der Waals surface area contributed by atoms with Crippen molar-refractivity contribution in [1.82, 2.24) is 19.8 Å². The van der Waals surface area contributed by atoms with E-state index in [2.05, 4.69) is 88.0 Å². The zero-order valence-corrected chi connectivity index (χ0v) is 25.3. The number of hydrogen-bond acceptors (Lipinski definition) is 4. The van der Waals surface area contributed by atoms with E-state index in [1.165, 1.54) is 17.8 Å². The van der Waals surface area contributed by atoms with Gasteiger partial charge in [0.25, 0.3) is 0 Å². The largest absolute Gasteiger partial charge is 0.372 e. The minimum Gasteiger partial charge on any atom is -0.372 e. The van der Waals surface area contributed by atoms with E-state index in [1.54, 1.807) is 18.3 Å². The third kappa shape index (κ3) is 6.01. The maximum atomic E-state index is 13.3. The molecule has 218 valence electrons. The molecule has 9 heteroatoms. The van der Waals surface area contributed by atoms with Crippen LogP contribution in [0.4, 0.5) is 15.8 Å². The number of nitrogens with one attached hydrogen (secondary N) is 2. The molecule has 0 radical (unpaired) electrons. The van der Waals surface area contributed by atoms with E-state index in [0.29, 0.717) is 17.3 Å². The summed E-state index contributed by atoms with van der Waals surface area (Å²) in [4.78, 5) is 21.9. The third-order valence-electron chi connectivity index (χ3n) is 7.93. The monoisotopic (exact) mass is 584 g/mol. The van der Waals surface area contributed by atoms with Gasteiger partial charge in [-0.1, -0.05) is 6.07 Å². The molecular formula is C33H37FN6OS. The van der Waals surface area contributed by atoms with Crippen LogP contribution >= 0.6 is 12.2 Å². The standard InChI is InChI=1S/C33H37FN6OS/c1-5-38(6-2)26-14-16-27(17-15-26)40-22(3)21-28(23(40)4)32-31(29-9-7-8-19-35-29)37-33(42)39(32)20-18-30(41)36-25-12-10-24(34)11-13-25/h7-17,19,21,31-32H,5-6,18,20H2,1-4H3,(H,36,41)(H,37,42). The van der Waals surface area contributed by atoms with Gasteiger partial charge in [-0.3, -0.25) is 9.78 Å². The lowest BCUT2D eigenvalue weighted by Crippen LogP contribution is -2.32. The van der Waals surface area contributed by atoms with Crippen LogP contribution in [0.5, 0.6) is 0 Å². The number of benzene rings is 2. The Hall–Kier alpha value is -4.24. The molecule has 1 aliphatic rings. The topological polar surface area (TPSA) is 65.4 Å². The zero-order chi connectivity index (χ0) is 29.8. The van der Waals surface area contributed by atoms with Crippen LogP contribution in [0.3, 0.4) is 0 Å². The second kappa shape index (κ2) is 12.7. The summed E-state index contributed by atoms with van der Waals surface area (Å²) in [6.45, 7) is 10.9. The molecule has 3 heterocycles. The number of aryl methyl sites for hydroxylation is 1. The molecule has 0 spiro atoms. The molecule has 1 aliphatic heterocycles. The average molecular weight is 585 g/mol. The van der Waals surface area contributed by atoms with Gasteiger partial charge < -0.3 is 25.0 Å². The highest BCUT2D eigenvalue weighted by Crippen LogP contribution is 2.41. The lowest BCUT2D eigenvalue weighted by Gasteiger charge is -2.28. The molecule has 2 aromatic heterocycles. The molecule has 7 nitrogen and oxygen atoms in total. The first kappa shape index (κ1) is 29.3. The number of thiocarbonyl (C=S) groups is 1. The molecule has 42 heavy (non-hydrogen) atoms. The Bertz CT molecular complexity index is 1530. The number of rotatable bonds is 10. The first-order valence-electron chi connectivity index (χ1n) is 14.4. The Morgan fingerprint density at radius 1 is 1.05 bits per heavy atom. The van der Waals surface area contributed by atoms with Gasteiger partial charge in [0.15, 0.2) is 5.11 Å². The molecule has 2 unspecified atom stereocenters. The van der Waals surface area contributed by atoms with Gasteiger partial charge in [-0.15, -0.1) is 0 Å². The van der Waals surface area contributed by atoms with Crippen molar-refractivity contribution >= 4 is 34.6 Å². The maximum absolute atomic E-state index is 13.3. The van der Waals surface area contributed by atoms with Gasteiger partial charge >= 0.3 is 0 Å². The minimum absolute atomic E-state index is 0.164. The van der Waals surface area contributed by atoms with Crippen LogP contribution < -0.4 is 15.5 Å². The van der Waals surface area contributed by atoms with Crippen molar-refractivity contribution in [3.63, 3.8) is 0 Å². The van der Waals surface area contributed by atoms with Crippen molar-refractivity contribution in [2.75, 3.05) is 29.9 Å². The van der Waals surface area contributed by atoms with Crippen molar-refractivity contribution in [1.29, 1.82) is 0 Å². The number of pyridine rings is 1. The molecule has 2 N–H and O–H groups in total. The normalized spacial score (nSPS) is 16.4. The van der Waals surface area contributed by atoms with Gasteiger partial charge in [0.1, 0.15) is 5.82 Å². The van der Waals surface area contributed by atoms with Gasteiger partial charge in [-0.2, -0.15) is 0 Å². The van der Waals surface area contributed by atoms with Crippen molar-refractivity contribution < 1.29 is 9.18 Å². The van der Waals surface area contributed by atoms with Crippen LogP contribution in [0.25, 0.3) is 5.69 Å². The van der Waals surface area contributed by atoms with Crippen LogP contribution in [0.15, 0.2) is 79.0 Å². The molecule has 2 aromatic carbocycles. The fourth-order valence-corrected chi connectivity index (χ4v) is 6.18. The van der Waals surface area contributed by atoms with E-state index in [0.717, 1.165) is 41.4 Å². The van der Waals surface area contributed by atoms with Crippen molar-refractivity contribution in [3.8, 4) is 5.69 Å². The Kier molecular flexibility index (Phi) is 8.87. The number of hydrogen-bond donors (Lipinski definition) is 2. The molecule has 1 amide bonds. The van der Waals surface area contributed by atoms with Gasteiger partial charge in [0, 0.05) is 60.7 Å².